The van der Waals surface area contributed by atoms with Crippen molar-refractivity contribution in [1.82, 2.24) is 0 Å². The molecule has 2 rings (SSSR count). The maximum Gasteiger partial charge on any atom is 0.264 e. The van der Waals surface area contributed by atoms with Gasteiger partial charge in [-0.3, -0.25) is 4.18 Å². The van der Waals surface area contributed by atoms with E-state index in [2.05, 4.69) is 0 Å². The maximum atomic E-state index is 11.0. The largest absolute Gasteiger partial charge is 0.267 e. The van der Waals surface area contributed by atoms with Gasteiger partial charge in [-0.2, -0.15) is 8.42 Å². The Hall–Kier alpha value is -0.0900. The van der Waals surface area contributed by atoms with Gasteiger partial charge in [0, 0.05) is 0 Å². The van der Waals surface area contributed by atoms with Crippen molar-refractivity contribution < 1.29 is 12.6 Å². The van der Waals surface area contributed by atoms with Gasteiger partial charge in [-0.1, -0.05) is 12.8 Å². The predicted molar refractivity (Wildman–Crippen MR) is 49.8 cm³/mol. The molecule has 0 aromatic heterocycles. The van der Waals surface area contributed by atoms with Gasteiger partial charge in [0.2, 0.25) is 0 Å². The summed E-state index contributed by atoms with van der Waals surface area (Å²) in [5.74, 6) is 1.27. The maximum absolute atomic E-state index is 11.0. The van der Waals surface area contributed by atoms with E-state index in [1.54, 1.807) is 0 Å². The fraction of sp³-hybridized carbons (Fsp3) is 1.00. The summed E-state index contributed by atoms with van der Waals surface area (Å²) < 4.78 is 27.0. The van der Waals surface area contributed by atoms with E-state index in [1.807, 2.05) is 0 Å². The minimum atomic E-state index is -3.25. The Morgan fingerprint density at radius 1 is 1.15 bits per heavy atom. The van der Waals surface area contributed by atoms with Crippen LogP contribution in [0.25, 0.3) is 0 Å². The first-order valence-electron chi connectivity index (χ1n) is 4.94. The van der Waals surface area contributed by atoms with Crippen LogP contribution in [0.15, 0.2) is 0 Å². The van der Waals surface area contributed by atoms with Crippen LogP contribution in [0.1, 0.15) is 32.1 Å². The minimum absolute atomic E-state index is 0.0116. The van der Waals surface area contributed by atoms with Gasteiger partial charge in [-0.15, -0.1) is 0 Å². The van der Waals surface area contributed by atoms with Crippen molar-refractivity contribution in [2.45, 2.75) is 38.2 Å². The molecule has 13 heavy (non-hydrogen) atoms. The topological polar surface area (TPSA) is 43.4 Å². The van der Waals surface area contributed by atoms with Crippen LogP contribution in [0.3, 0.4) is 0 Å². The van der Waals surface area contributed by atoms with Gasteiger partial charge in [0.15, 0.2) is 0 Å². The van der Waals surface area contributed by atoms with Crippen LogP contribution < -0.4 is 0 Å². The van der Waals surface area contributed by atoms with Gasteiger partial charge >= 0.3 is 0 Å². The van der Waals surface area contributed by atoms with Gasteiger partial charge in [0.05, 0.1) is 12.4 Å². The van der Waals surface area contributed by atoms with Gasteiger partial charge in [0.1, 0.15) is 0 Å². The molecule has 2 aliphatic rings. The molecule has 0 saturated heterocycles. The van der Waals surface area contributed by atoms with Crippen molar-refractivity contribution in [3.63, 3.8) is 0 Å². The first-order chi connectivity index (χ1) is 6.06. The molecule has 0 radical (unpaired) electrons. The van der Waals surface area contributed by atoms with Crippen LogP contribution in [-0.4, -0.2) is 20.8 Å². The van der Waals surface area contributed by atoms with Crippen molar-refractivity contribution in [3.05, 3.63) is 0 Å². The molecule has 3 atom stereocenters. The van der Waals surface area contributed by atoms with E-state index in [0.29, 0.717) is 5.92 Å². The molecule has 0 spiro atoms. The molecular formula is C9H16O3S. The second-order valence-corrected chi connectivity index (χ2v) is 5.87. The Morgan fingerprint density at radius 3 is 2.62 bits per heavy atom. The second-order valence-electron chi connectivity index (χ2n) is 4.27. The summed E-state index contributed by atoms with van der Waals surface area (Å²) in [6, 6.07) is 0. The summed E-state index contributed by atoms with van der Waals surface area (Å²) in [5, 5.41) is 0. The van der Waals surface area contributed by atoms with Crippen molar-refractivity contribution >= 4 is 10.1 Å². The molecule has 0 amide bonds. The number of rotatable bonds is 2. The summed E-state index contributed by atoms with van der Waals surface area (Å²) in [7, 11) is -3.25. The number of fused-ring (bicyclic) bond motifs is 1. The van der Waals surface area contributed by atoms with Crippen molar-refractivity contribution in [2.24, 2.45) is 11.8 Å². The van der Waals surface area contributed by atoms with Crippen LogP contribution in [-0.2, 0) is 14.3 Å². The molecular weight excluding hydrogens is 188 g/mol. The van der Waals surface area contributed by atoms with E-state index in [1.165, 1.54) is 12.8 Å². The summed E-state index contributed by atoms with van der Waals surface area (Å²) in [6.45, 7) is 0. The smallest absolute Gasteiger partial charge is 0.264 e. The fourth-order valence-electron chi connectivity index (χ4n) is 2.85. The van der Waals surface area contributed by atoms with Gasteiger partial charge < -0.3 is 0 Å². The lowest BCUT2D eigenvalue weighted by atomic mass is 9.99. The highest BCUT2D eigenvalue weighted by Crippen LogP contribution is 2.45. The summed E-state index contributed by atoms with van der Waals surface area (Å²) in [6.07, 6.45) is 6.91. The van der Waals surface area contributed by atoms with E-state index in [0.717, 1.165) is 31.4 Å². The molecule has 76 valence electrons. The molecule has 0 heterocycles. The highest BCUT2D eigenvalue weighted by Gasteiger charge is 2.41. The Kier molecular flexibility index (Phi) is 2.36. The Labute approximate surface area is 79.6 Å². The van der Waals surface area contributed by atoms with E-state index in [-0.39, 0.29) is 6.10 Å². The monoisotopic (exact) mass is 204 g/mol. The van der Waals surface area contributed by atoms with Crippen molar-refractivity contribution in [3.8, 4) is 0 Å². The third kappa shape index (κ3) is 2.05. The number of hydrogen-bond donors (Lipinski definition) is 0. The second kappa shape index (κ2) is 3.24. The summed E-state index contributed by atoms with van der Waals surface area (Å²) in [5.41, 5.74) is 0. The molecule has 2 fully saturated rings. The zero-order valence-corrected chi connectivity index (χ0v) is 8.72. The van der Waals surface area contributed by atoms with Crippen LogP contribution >= 0.6 is 0 Å². The summed E-state index contributed by atoms with van der Waals surface area (Å²) >= 11 is 0. The summed E-state index contributed by atoms with van der Waals surface area (Å²) in [4.78, 5) is 0. The molecule has 0 bridgehead atoms. The first kappa shape index (κ1) is 9.46. The molecule has 0 aromatic carbocycles. The molecule has 3 nitrogen and oxygen atoms in total. The highest BCUT2D eigenvalue weighted by molar-refractivity contribution is 7.86. The Balaban J connectivity index is 2.01. The van der Waals surface area contributed by atoms with Crippen molar-refractivity contribution in [2.75, 3.05) is 6.26 Å². The van der Waals surface area contributed by atoms with Crippen LogP contribution in [0.2, 0.25) is 0 Å². The zero-order valence-electron chi connectivity index (χ0n) is 7.90. The third-order valence-corrected chi connectivity index (χ3v) is 3.91. The van der Waals surface area contributed by atoms with E-state index >= 15 is 0 Å². The lowest BCUT2D eigenvalue weighted by Crippen LogP contribution is -2.22. The quantitative estimate of drug-likeness (QED) is 0.641. The lowest BCUT2D eigenvalue weighted by molar-refractivity contribution is 0.160. The molecule has 2 saturated carbocycles. The van der Waals surface area contributed by atoms with Crippen LogP contribution in [0.5, 0.6) is 0 Å². The SMILES string of the molecule is CS(=O)(=O)O[C@H]1CC[C@H]2CCC[C@H]21. The Bertz CT molecular complexity index is 283. The molecule has 4 heteroatoms. The molecule has 0 N–H and O–H groups in total. The average molecular weight is 204 g/mol. The molecule has 0 unspecified atom stereocenters. The average Bonchev–Trinajstić information content (AvgIpc) is 2.50. The molecule has 0 aromatic rings. The highest BCUT2D eigenvalue weighted by atomic mass is 32.2. The third-order valence-electron chi connectivity index (χ3n) is 3.32. The van der Waals surface area contributed by atoms with Gasteiger partial charge in [-0.05, 0) is 31.1 Å². The van der Waals surface area contributed by atoms with Crippen LogP contribution in [0.4, 0.5) is 0 Å². The number of hydrogen-bond acceptors (Lipinski definition) is 3. The molecule has 0 aliphatic heterocycles. The minimum Gasteiger partial charge on any atom is -0.267 e. The van der Waals surface area contributed by atoms with Crippen LogP contribution in [0, 0.1) is 11.8 Å². The van der Waals surface area contributed by atoms with Gasteiger partial charge in [-0.25, -0.2) is 0 Å². The lowest BCUT2D eigenvalue weighted by Gasteiger charge is -2.17. The first-order valence-corrected chi connectivity index (χ1v) is 6.76. The zero-order chi connectivity index (χ0) is 9.47. The Morgan fingerprint density at radius 2 is 1.92 bits per heavy atom. The van der Waals surface area contributed by atoms with Gasteiger partial charge in [0.25, 0.3) is 10.1 Å². The fourth-order valence-corrected chi connectivity index (χ4v) is 3.54. The molecule has 2 aliphatic carbocycles. The van der Waals surface area contributed by atoms with E-state index in [9.17, 15) is 8.42 Å². The van der Waals surface area contributed by atoms with E-state index < -0.39 is 10.1 Å². The van der Waals surface area contributed by atoms with Crippen molar-refractivity contribution in [1.29, 1.82) is 0 Å². The standard InChI is InChI=1S/C9H16O3S/c1-13(10,11)12-9-6-5-7-3-2-4-8(7)9/h7-9H,2-6H2,1H3/t7-,8-,9+/m1/s1. The normalized spacial score (nSPS) is 39.3. The predicted octanol–water partition coefficient (Wildman–Crippen LogP) is 1.54. The van der Waals surface area contributed by atoms with E-state index in [4.69, 9.17) is 4.18 Å².